The van der Waals surface area contributed by atoms with Crippen molar-refractivity contribution < 1.29 is 14.3 Å². The van der Waals surface area contributed by atoms with Crippen LogP contribution in [0.2, 0.25) is 10.0 Å². The molecule has 8 heteroatoms. The van der Waals surface area contributed by atoms with Crippen LogP contribution in [-0.4, -0.2) is 41.0 Å². The van der Waals surface area contributed by atoms with Gasteiger partial charge in [-0.3, -0.25) is 14.5 Å². The summed E-state index contributed by atoms with van der Waals surface area (Å²) in [4.78, 5) is 28.0. The number of benzene rings is 2. The maximum Gasteiger partial charge on any atom is 0.261 e. The summed E-state index contributed by atoms with van der Waals surface area (Å²) in [5.41, 5.74) is 0.506. The normalized spacial score (nSPS) is 14.6. The fraction of sp³-hybridized carbons (Fsp3) is 0.273. The average molecular weight is 465 g/mol. The molecule has 0 unspecified atom stereocenters. The largest absolute Gasteiger partial charge is 0.476 e. The average Bonchev–Trinajstić information content (AvgIpc) is 2.68. The lowest BCUT2D eigenvalue weighted by molar-refractivity contribution is -0.147. The lowest BCUT2D eigenvalue weighted by Crippen LogP contribution is -2.57. The predicted octanol–water partition coefficient (Wildman–Crippen LogP) is 5.30. The zero-order chi connectivity index (χ0) is 21.9. The lowest BCUT2D eigenvalue weighted by atomic mass is 9.96. The zero-order valence-corrected chi connectivity index (χ0v) is 19.2. The van der Waals surface area contributed by atoms with Crippen LogP contribution in [0.25, 0.3) is 5.57 Å². The van der Waals surface area contributed by atoms with Gasteiger partial charge in [0, 0.05) is 15.7 Å². The number of ether oxygens (including phenoxy) is 1. The molecule has 1 heterocycles. The summed E-state index contributed by atoms with van der Waals surface area (Å²) in [6.07, 6.45) is 1.95. The number of rotatable bonds is 6. The summed E-state index contributed by atoms with van der Waals surface area (Å²) < 4.78 is 5.94. The van der Waals surface area contributed by atoms with Crippen molar-refractivity contribution in [2.75, 3.05) is 24.1 Å². The van der Waals surface area contributed by atoms with Crippen molar-refractivity contribution >= 4 is 58.0 Å². The van der Waals surface area contributed by atoms with Gasteiger partial charge in [-0.1, -0.05) is 53.5 Å². The van der Waals surface area contributed by atoms with E-state index >= 15 is 0 Å². The molecule has 1 aliphatic rings. The van der Waals surface area contributed by atoms with E-state index in [0.29, 0.717) is 32.8 Å². The molecule has 0 aliphatic carbocycles. The van der Waals surface area contributed by atoms with Crippen LogP contribution in [-0.2, 0) is 14.3 Å². The molecule has 158 valence electrons. The molecule has 2 amide bonds. The SMILES string of the molecule is CSCC1=C(c2ccccc2)C(=O)N(C(C)(C)C(=O)Nc2cc(Cl)cc(Cl)c2)CO1. The summed E-state index contributed by atoms with van der Waals surface area (Å²) in [5.74, 6) is 0.560. The minimum absolute atomic E-state index is 0.0121. The molecule has 1 N–H and O–H groups in total. The van der Waals surface area contributed by atoms with Gasteiger partial charge in [-0.15, -0.1) is 0 Å². The molecular weight excluding hydrogens is 443 g/mol. The third-order valence-electron chi connectivity index (χ3n) is 4.79. The summed E-state index contributed by atoms with van der Waals surface area (Å²) in [6, 6.07) is 14.1. The van der Waals surface area contributed by atoms with Crippen molar-refractivity contribution in [2.45, 2.75) is 19.4 Å². The molecule has 0 atom stereocenters. The number of halogens is 2. The smallest absolute Gasteiger partial charge is 0.261 e. The first-order valence-electron chi connectivity index (χ1n) is 9.24. The molecule has 1 aliphatic heterocycles. The Balaban J connectivity index is 1.90. The van der Waals surface area contributed by atoms with E-state index in [1.54, 1.807) is 43.8 Å². The number of nitrogens with one attached hydrogen (secondary N) is 1. The van der Waals surface area contributed by atoms with E-state index in [-0.39, 0.29) is 18.5 Å². The third kappa shape index (κ3) is 4.77. The molecule has 0 spiro atoms. The van der Waals surface area contributed by atoms with E-state index in [4.69, 9.17) is 27.9 Å². The molecule has 0 aromatic heterocycles. The Morgan fingerprint density at radius 2 is 1.80 bits per heavy atom. The van der Waals surface area contributed by atoms with Gasteiger partial charge in [0.05, 0.1) is 11.3 Å². The maximum atomic E-state index is 13.5. The molecule has 30 heavy (non-hydrogen) atoms. The molecule has 0 radical (unpaired) electrons. The van der Waals surface area contributed by atoms with Crippen molar-refractivity contribution in [3.63, 3.8) is 0 Å². The molecule has 0 saturated carbocycles. The fourth-order valence-corrected chi connectivity index (χ4v) is 4.13. The van der Waals surface area contributed by atoms with Crippen molar-refractivity contribution in [1.29, 1.82) is 0 Å². The van der Waals surface area contributed by atoms with Gasteiger partial charge >= 0.3 is 0 Å². The Bertz CT molecular complexity index is 973. The number of hydrogen-bond donors (Lipinski definition) is 1. The standard InChI is InChI=1S/C22H22Cl2N2O3S/c1-22(2,21(28)25-17-10-15(23)9-16(24)11-17)26-13-29-18(12-30-3)19(20(26)27)14-7-5-4-6-8-14/h4-11H,12-13H2,1-3H3,(H,25,28). The number of nitrogens with zero attached hydrogens (tertiary/aromatic N) is 1. The van der Waals surface area contributed by atoms with Crippen LogP contribution >= 0.6 is 35.0 Å². The summed E-state index contributed by atoms with van der Waals surface area (Å²) >= 11 is 13.6. The van der Waals surface area contributed by atoms with Gasteiger partial charge in [0.1, 0.15) is 11.3 Å². The Hall–Kier alpha value is -2.15. The topological polar surface area (TPSA) is 58.6 Å². The Labute approximate surface area is 190 Å². The van der Waals surface area contributed by atoms with Crippen LogP contribution in [0.3, 0.4) is 0 Å². The number of anilines is 1. The van der Waals surface area contributed by atoms with E-state index in [1.807, 2.05) is 36.6 Å². The second-order valence-electron chi connectivity index (χ2n) is 7.28. The Morgan fingerprint density at radius 3 is 2.40 bits per heavy atom. The maximum absolute atomic E-state index is 13.5. The number of carbonyl (C=O) groups is 2. The monoisotopic (exact) mass is 464 g/mol. The van der Waals surface area contributed by atoms with Crippen molar-refractivity contribution in [1.82, 2.24) is 4.90 Å². The molecule has 2 aromatic carbocycles. The summed E-state index contributed by atoms with van der Waals surface area (Å²) in [7, 11) is 0. The first-order chi connectivity index (χ1) is 14.2. The quantitative estimate of drug-likeness (QED) is 0.629. The first kappa shape index (κ1) is 22.5. The van der Waals surface area contributed by atoms with Crippen LogP contribution in [0.5, 0.6) is 0 Å². The van der Waals surface area contributed by atoms with Crippen molar-refractivity contribution in [3.8, 4) is 0 Å². The third-order valence-corrected chi connectivity index (χ3v) is 5.78. The van der Waals surface area contributed by atoms with E-state index in [0.717, 1.165) is 5.56 Å². The van der Waals surface area contributed by atoms with Crippen LogP contribution < -0.4 is 5.32 Å². The van der Waals surface area contributed by atoms with Crippen LogP contribution in [0.1, 0.15) is 19.4 Å². The fourth-order valence-electron chi connectivity index (χ4n) is 3.11. The molecule has 0 saturated heterocycles. The molecule has 0 fully saturated rings. The second-order valence-corrected chi connectivity index (χ2v) is 9.01. The highest BCUT2D eigenvalue weighted by Gasteiger charge is 2.42. The lowest BCUT2D eigenvalue weighted by Gasteiger charge is -2.40. The minimum atomic E-state index is -1.18. The van der Waals surface area contributed by atoms with Gasteiger partial charge in [-0.25, -0.2) is 0 Å². The Kier molecular flexibility index (Phi) is 7.01. The number of amides is 2. The van der Waals surface area contributed by atoms with E-state index in [9.17, 15) is 9.59 Å². The van der Waals surface area contributed by atoms with Crippen molar-refractivity contribution in [3.05, 3.63) is 69.9 Å². The van der Waals surface area contributed by atoms with E-state index in [2.05, 4.69) is 5.32 Å². The van der Waals surface area contributed by atoms with Gasteiger partial charge in [0.25, 0.3) is 5.91 Å². The van der Waals surface area contributed by atoms with E-state index in [1.165, 1.54) is 4.90 Å². The molecule has 0 bridgehead atoms. The molecular formula is C22H22Cl2N2O3S. The zero-order valence-electron chi connectivity index (χ0n) is 16.9. The van der Waals surface area contributed by atoms with E-state index < -0.39 is 5.54 Å². The Morgan fingerprint density at radius 1 is 1.17 bits per heavy atom. The van der Waals surface area contributed by atoms with Crippen LogP contribution in [0.4, 0.5) is 5.69 Å². The van der Waals surface area contributed by atoms with Crippen LogP contribution in [0, 0.1) is 0 Å². The number of thioether (sulfide) groups is 1. The molecule has 5 nitrogen and oxygen atoms in total. The predicted molar refractivity (Wildman–Crippen MR) is 124 cm³/mol. The van der Waals surface area contributed by atoms with Gasteiger partial charge in [-0.2, -0.15) is 11.8 Å². The highest BCUT2D eigenvalue weighted by atomic mass is 35.5. The van der Waals surface area contributed by atoms with Gasteiger partial charge < -0.3 is 10.1 Å². The van der Waals surface area contributed by atoms with Gasteiger partial charge in [0.2, 0.25) is 5.91 Å². The van der Waals surface area contributed by atoms with Gasteiger partial charge in [-0.05, 0) is 43.9 Å². The van der Waals surface area contributed by atoms with Crippen molar-refractivity contribution in [2.24, 2.45) is 0 Å². The highest BCUT2D eigenvalue weighted by Crippen LogP contribution is 2.32. The number of carbonyl (C=O) groups excluding carboxylic acids is 2. The summed E-state index contributed by atoms with van der Waals surface area (Å²) in [5, 5.41) is 3.61. The van der Waals surface area contributed by atoms with Gasteiger partial charge in [0.15, 0.2) is 6.73 Å². The second kappa shape index (κ2) is 9.33. The summed E-state index contributed by atoms with van der Waals surface area (Å²) in [6.45, 7) is 3.34. The molecule has 3 rings (SSSR count). The number of hydrogen-bond acceptors (Lipinski definition) is 4. The highest BCUT2D eigenvalue weighted by molar-refractivity contribution is 7.98. The molecule has 2 aromatic rings. The first-order valence-corrected chi connectivity index (χ1v) is 11.4. The minimum Gasteiger partial charge on any atom is -0.476 e. The van der Waals surface area contributed by atoms with Crippen LogP contribution in [0.15, 0.2) is 54.3 Å².